The van der Waals surface area contributed by atoms with Gasteiger partial charge in [-0.3, -0.25) is 0 Å². The highest BCUT2D eigenvalue weighted by atomic mass is 16.5. The summed E-state index contributed by atoms with van der Waals surface area (Å²) >= 11 is 0. The first-order valence-corrected chi connectivity index (χ1v) is 12.4. The summed E-state index contributed by atoms with van der Waals surface area (Å²) in [7, 11) is 0. The Hall–Kier alpha value is -0.900. The van der Waals surface area contributed by atoms with E-state index < -0.39 is 12.2 Å². The van der Waals surface area contributed by atoms with Crippen LogP contribution in [0.3, 0.4) is 0 Å². The van der Waals surface area contributed by atoms with Crippen LogP contribution in [0.15, 0.2) is 35.5 Å². The molecule has 1 unspecified atom stereocenters. The summed E-state index contributed by atoms with van der Waals surface area (Å²) in [6.45, 7) is 12.1. The van der Waals surface area contributed by atoms with E-state index >= 15 is 0 Å². The predicted octanol–water partition coefficient (Wildman–Crippen LogP) is 5.58. The molecule has 0 radical (unpaired) electrons. The first-order chi connectivity index (χ1) is 14.3. The summed E-state index contributed by atoms with van der Waals surface area (Å²) in [5.74, 6) is 3.13. The summed E-state index contributed by atoms with van der Waals surface area (Å²) < 4.78 is 5.82. The van der Waals surface area contributed by atoms with Gasteiger partial charge < -0.3 is 14.9 Å². The van der Waals surface area contributed by atoms with Gasteiger partial charge in [-0.05, 0) is 98.5 Å². The van der Waals surface area contributed by atoms with Crippen molar-refractivity contribution in [1.29, 1.82) is 0 Å². The lowest BCUT2D eigenvalue weighted by Crippen LogP contribution is -2.42. The molecule has 0 spiro atoms. The second-order valence-electron chi connectivity index (χ2n) is 10.8. The van der Waals surface area contributed by atoms with Crippen LogP contribution in [0.1, 0.15) is 78.6 Å². The summed E-state index contributed by atoms with van der Waals surface area (Å²) in [4.78, 5) is 0. The van der Waals surface area contributed by atoms with Crippen molar-refractivity contribution in [1.82, 2.24) is 0 Å². The monoisotopic (exact) mass is 414 g/mol. The third-order valence-electron chi connectivity index (χ3n) is 9.21. The molecule has 4 rings (SSSR count). The molecule has 4 aliphatic carbocycles. The molecule has 3 nitrogen and oxygen atoms in total. The fourth-order valence-corrected chi connectivity index (χ4v) is 7.34. The summed E-state index contributed by atoms with van der Waals surface area (Å²) in [5, 5.41) is 20.2. The number of aliphatic hydroxyl groups is 2. The van der Waals surface area contributed by atoms with Gasteiger partial charge in [0.25, 0.3) is 0 Å². The van der Waals surface area contributed by atoms with Crippen molar-refractivity contribution < 1.29 is 14.9 Å². The van der Waals surface area contributed by atoms with Crippen molar-refractivity contribution in [2.45, 2.75) is 96.9 Å². The first-order valence-electron chi connectivity index (χ1n) is 12.4. The van der Waals surface area contributed by atoms with E-state index in [1.807, 2.05) is 0 Å². The van der Waals surface area contributed by atoms with E-state index in [4.69, 9.17) is 4.74 Å². The maximum Gasteiger partial charge on any atom is 0.0811 e. The van der Waals surface area contributed by atoms with E-state index in [9.17, 15) is 10.2 Å². The Bertz CT molecular complexity index is 701. The molecule has 30 heavy (non-hydrogen) atoms. The van der Waals surface area contributed by atoms with Crippen LogP contribution in [-0.2, 0) is 4.74 Å². The fraction of sp³-hybridized carbons (Fsp3) is 0.778. The molecular formula is C27H42O3. The Morgan fingerprint density at radius 1 is 1.20 bits per heavy atom. The average molecular weight is 415 g/mol. The molecule has 6 atom stereocenters. The second kappa shape index (κ2) is 8.92. The zero-order valence-corrected chi connectivity index (χ0v) is 19.3. The lowest BCUT2D eigenvalue weighted by atomic mass is 9.57. The van der Waals surface area contributed by atoms with Crippen LogP contribution in [0.5, 0.6) is 0 Å². The predicted molar refractivity (Wildman–Crippen MR) is 122 cm³/mol. The fourth-order valence-electron chi connectivity index (χ4n) is 7.34. The van der Waals surface area contributed by atoms with Crippen LogP contribution in [0.4, 0.5) is 0 Å². The lowest BCUT2D eigenvalue weighted by molar-refractivity contribution is -0.0600. The van der Waals surface area contributed by atoms with Crippen molar-refractivity contribution in [3.63, 3.8) is 0 Å². The smallest absolute Gasteiger partial charge is 0.0811 e. The van der Waals surface area contributed by atoms with E-state index in [0.717, 1.165) is 35.5 Å². The highest BCUT2D eigenvalue weighted by Gasteiger charge is 2.52. The van der Waals surface area contributed by atoms with E-state index in [0.29, 0.717) is 30.3 Å². The van der Waals surface area contributed by atoms with Crippen molar-refractivity contribution in [3.8, 4) is 0 Å². The SMILES string of the molecule is C=C1/C(=C\C=C2/CCC[C@]3(C)C([C@H](C)C4CC(OCC)C4)CC[C@@H]23)C[C@@H](O)C[C@@H]1O. The van der Waals surface area contributed by atoms with Crippen LogP contribution in [0.25, 0.3) is 0 Å². The van der Waals surface area contributed by atoms with Gasteiger partial charge in [0.2, 0.25) is 0 Å². The summed E-state index contributed by atoms with van der Waals surface area (Å²) in [5.41, 5.74) is 3.83. The van der Waals surface area contributed by atoms with Gasteiger partial charge in [-0.1, -0.05) is 38.2 Å². The minimum atomic E-state index is -0.602. The minimum Gasteiger partial charge on any atom is -0.393 e. The van der Waals surface area contributed by atoms with Crippen LogP contribution in [0, 0.1) is 29.1 Å². The van der Waals surface area contributed by atoms with Crippen LogP contribution < -0.4 is 0 Å². The average Bonchev–Trinajstić information content (AvgIpc) is 3.03. The van der Waals surface area contributed by atoms with Crippen molar-refractivity contribution in [2.24, 2.45) is 29.1 Å². The lowest BCUT2D eigenvalue weighted by Gasteiger charge is -2.48. The molecule has 3 heteroatoms. The topological polar surface area (TPSA) is 49.7 Å². The number of hydrogen-bond donors (Lipinski definition) is 2. The van der Waals surface area contributed by atoms with Gasteiger partial charge in [-0.15, -0.1) is 0 Å². The van der Waals surface area contributed by atoms with Gasteiger partial charge in [0.05, 0.1) is 18.3 Å². The molecule has 0 heterocycles. The van der Waals surface area contributed by atoms with Gasteiger partial charge in [-0.2, -0.15) is 0 Å². The Morgan fingerprint density at radius 3 is 2.70 bits per heavy atom. The number of allylic oxidation sites excluding steroid dienone is 3. The first kappa shape index (κ1) is 22.3. The molecule has 0 aromatic carbocycles. The maximum atomic E-state index is 10.1. The van der Waals surface area contributed by atoms with E-state index in [1.54, 1.807) is 5.57 Å². The maximum absolute atomic E-state index is 10.1. The van der Waals surface area contributed by atoms with Gasteiger partial charge in [0.15, 0.2) is 0 Å². The molecule has 4 fully saturated rings. The second-order valence-corrected chi connectivity index (χ2v) is 10.8. The van der Waals surface area contributed by atoms with E-state index in [2.05, 4.69) is 39.5 Å². The zero-order valence-electron chi connectivity index (χ0n) is 19.3. The molecule has 0 aromatic heterocycles. The number of hydrogen-bond acceptors (Lipinski definition) is 3. The Kier molecular flexibility index (Phi) is 6.63. The number of aliphatic hydroxyl groups excluding tert-OH is 2. The van der Waals surface area contributed by atoms with E-state index in [-0.39, 0.29) is 0 Å². The molecule has 2 N–H and O–H groups in total. The number of rotatable bonds is 5. The van der Waals surface area contributed by atoms with Gasteiger partial charge in [0, 0.05) is 13.0 Å². The molecule has 0 amide bonds. The molecule has 4 aliphatic rings. The third kappa shape index (κ3) is 4.10. The Balaban J connectivity index is 1.47. The summed E-state index contributed by atoms with van der Waals surface area (Å²) in [6, 6.07) is 0. The minimum absolute atomic E-state index is 0.415. The highest BCUT2D eigenvalue weighted by molar-refractivity contribution is 5.38. The Morgan fingerprint density at radius 2 is 1.97 bits per heavy atom. The Labute approximate surface area is 183 Å². The van der Waals surface area contributed by atoms with Crippen LogP contribution in [-0.4, -0.2) is 35.1 Å². The van der Waals surface area contributed by atoms with Gasteiger partial charge in [-0.25, -0.2) is 0 Å². The van der Waals surface area contributed by atoms with Crippen molar-refractivity contribution in [2.75, 3.05) is 6.61 Å². The normalized spacial score (nSPS) is 45.4. The van der Waals surface area contributed by atoms with Crippen molar-refractivity contribution in [3.05, 3.63) is 35.5 Å². The van der Waals surface area contributed by atoms with Gasteiger partial charge >= 0.3 is 0 Å². The molecule has 168 valence electrons. The van der Waals surface area contributed by atoms with E-state index in [1.165, 1.54) is 44.9 Å². The molecule has 4 saturated carbocycles. The number of fused-ring (bicyclic) bond motifs is 1. The largest absolute Gasteiger partial charge is 0.393 e. The number of ether oxygens (including phenoxy) is 1. The molecular weight excluding hydrogens is 372 g/mol. The quantitative estimate of drug-likeness (QED) is 0.617. The highest BCUT2D eigenvalue weighted by Crippen LogP contribution is 2.61. The summed E-state index contributed by atoms with van der Waals surface area (Å²) in [6.07, 6.45) is 14.0. The van der Waals surface area contributed by atoms with Gasteiger partial charge in [0.1, 0.15) is 0 Å². The molecule has 0 bridgehead atoms. The third-order valence-corrected chi connectivity index (χ3v) is 9.21. The standard InChI is InChI=1S/C27H42O3/c1-5-30-23-14-21(15-23)17(2)24-10-11-25-19(7-6-12-27(24,25)4)8-9-20-13-22(28)16-26(29)18(20)3/h8-9,17,21-26,28-29H,3,5-7,10-16H2,1-2,4H3/b19-8+,20-9-/t17-,21?,22-,23?,24?,25+,26+,27-/m1/s1. The molecule has 0 aliphatic heterocycles. The van der Waals surface area contributed by atoms with Crippen molar-refractivity contribution >= 4 is 0 Å². The van der Waals surface area contributed by atoms with Crippen LogP contribution in [0.2, 0.25) is 0 Å². The molecule has 0 saturated heterocycles. The molecule has 0 aromatic rings. The zero-order chi connectivity index (χ0) is 21.5. The van der Waals surface area contributed by atoms with Crippen LogP contribution >= 0.6 is 0 Å².